The summed E-state index contributed by atoms with van der Waals surface area (Å²) in [6, 6.07) is 0. The van der Waals surface area contributed by atoms with Gasteiger partial charge in [-0.25, -0.2) is 4.98 Å². The highest BCUT2D eigenvalue weighted by atomic mass is 32.1. The van der Waals surface area contributed by atoms with Crippen LogP contribution in [0.5, 0.6) is 0 Å². The van der Waals surface area contributed by atoms with Crippen LogP contribution in [0.15, 0.2) is 0 Å². The molecular weight excluding hydrogens is 240 g/mol. The predicted molar refractivity (Wildman–Crippen MR) is 65.6 cm³/mol. The minimum absolute atomic E-state index is 0.0319. The lowest BCUT2D eigenvalue weighted by Crippen LogP contribution is -2.17. The van der Waals surface area contributed by atoms with Gasteiger partial charge in [-0.15, -0.1) is 11.3 Å². The Hall–Kier alpha value is -1.14. The van der Waals surface area contributed by atoms with E-state index in [2.05, 4.69) is 9.88 Å². The van der Waals surface area contributed by atoms with Gasteiger partial charge in [-0.3, -0.25) is 4.79 Å². The van der Waals surface area contributed by atoms with Crippen molar-refractivity contribution in [3.05, 3.63) is 10.6 Å². The molecular formula is C11H16N2O3S. The number of hydrogen-bond donors (Lipinski definition) is 1. The van der Waals surface area contributed by atoms with E-state index in [0.717, 1.165) is 28.8 Å². The summed E-state index contributed by atoms with van der Waals surface area (Å²) in [7, 11) is 1.60. The SMILES string of the molecule is COCc1nc(N2CCCC2)sc1CC(=O)O. The van der Waals surface area contributed by atoms with Crippen molar-refractivity contribution in [2.75, 3.05) is 25.1 Å². The van der Waals surface area contributed by atoms with E-state index in [1.54, 1.807) is 7.11 Å². The van der Waals surface area contributed by atoms with Crippen LogP contribution in [-0.2, 0) is 22.6 Å². The van der Waals surface area contributed by atoms with Crippen molar-refractivity contribution in [1.82, 2.24) is 4.98 Å². The molecule has 0 spiro atoms. The molecule has 94 valence electrons. The van der Waals surface area contributed by atoms with Crippen molar-refractivity contribution in [1.29, 1.82) is 0 Å². The van der Waals surface area contributed by atoms with Crippen molar-refractivity contribution < 1.29 is 14.6 Å². The fourth-order valence-electron chi connectivity index (χ4n) is 1.94. The Balaban J connectivity index is 2.19. The molecule has 0 saturated carbocycles. The maximum absolute atomic E-state index is 10.8. The zero-order chi connectivity index (χ0) is 12.3. The molecule has 0 aliphatic carbocycles. The third-order valence-corrected chi connectivity index (χ3v) is 3.89. The molecule has 1 saturated heterocycles. The van der Waals surface area contributed by atoms with Crippen molar-refractivity contribution in [2.45, 2.75) is 25.9 Å². The van der Waals surface area contributed by atoms with Gasteiger partial charge in [0, 0.05) is 25.1 Å². The zero-order valence-electron chi connectivity index (χ0n) is 9.81. The summed E-state index contributed by atoms with van der Waals surface area (Å²) in [5, 5.41) is 9.79. The Labute approximate surface area is 104 Å². The molecule has 0 amide bonds. The third kappa shape index (κ3) is 2.95. The van der Waals surface area contributed by atoms with E-state index in [1.807, 2.05) is 0 Å². The fourth-order valence-corrected chi connectivity index (χ4v) is 3.04. The molecule has 1 aliphatic heterocycles. The van der Waals surface area contributed by atoms with Crippen LogP contribution >= 0.6 is 11.3 Å². The van der Waals surface area contributed by atoms with E-state index in [9.17, 15) is 4.79 Å². The number of anilines is 1. The predicted octanol–water partition coefficient (Wildman–Crippen LogP) is 1.52. The van der Waals surface area contributed by atoms with Gasteiger partial charge in [-0.2, -0.15) is 0 Å². The van der Waals surface area contributed by atoms with Crippen LogP contribution in [0.25, 0.3) is 0 Å². The summed E-state index contributed by atoms with van der Waals surface area (Å²) in [5.74, 6) is -0.820. The van der Waals surface area contributed by atoms with E-state index in [4.69, 9.17) is 9.84 Å². The molecule has 1 aliphatic rings. The van der Waals surface area contributed by atoms with Gasteiger partial charge < -0.3 is 14.7 Å². The normalized spacial score (nSPS) is 15.5. The summed E-state index contributed by atoms with van der Waals surface area (Å²) in [6.07, 6.45) is 2.41. The Morgan fingerprint density at radius 2 is 2.24 bits per heavy atom. The molecule has 0 bridgehead atoms. The fraction of sp³-hybridized carbons (Fsp3) is 0.636. The summed E-state index contributed by atoms with van der Waals surface area (Å²) < 4.78 is 5.06. The minimum atomic E-state index is -0.820. The highest BCUT2D eigenvalue weighted by Gasteiger charge is 2.20. The maximum Gasteiger partial charge on any atom is 0.308 e. The Morgan fingerprint density at radius 1 is 1.53 bits per heavy atom. The quantitative estimate of drug-likeness (QED) is 0.865. The standard InChI is InChI=1S/C11H16N2O3S/c1-16-7-8-9(6-10(14)15)17-11(12-8)13-4-2-3-5-13/h2-7H2,1H3,(H,14,15). The van der Waals surface area contributed by atoms with Crippen LogP contribution in [0, 0.1) is 0 Å². The molecule has 0 aromatic carbocycles. The van der Waals surface area contributed by atoms with E-state index < -0.39 is 5.97 Å². The number of thiazole rings is 1. The molecule has 2 heterocycles. The number of carbonyl (C=O) groups is 1. The molecule has 17 heavy (non-hydrogen) atoms. The van der Waals surface area contributed by atoms with Crippen molar-refractivity contribution in [3.8, 4) is 0 Å². The molecule has 0 atom stereocenters. The van der Waals surface area contributed by atoms with Crippen LogP contribution in [0.3, 0.4) is 0 Å². The van der Waals surface area contributed by atoms with Crippen LogP contribution < -0.4 is 4.90 Å². The molecule has 1 aromatic heterocycles. The number of ether oxygens (including phenoxy) is 1. The number of aromatic nitrogens is 1. The van der Waals surface area contributed by atoms with Crippen LogP contribution in [-0.4, -0.2) is 36.3 Å². The number of rotatable bonds is 5. The van der Waals surface area contributed by atoms with Crippen LogP contribution in [0.2, 0.25) is 0 Å². The molecule has 1 N–H and O–H groups in total. The molecule has 1 fully saturated rings. The van der Waals surface area contributed by atoms with Gasteiger partial charge in [-0.05, 0) is 12.8 Å². The second-order valence-electron chi connectivity index (χ2n) is 4.06. The summed E-state index contributed by atoms with van der Waals surface area (Å²) >= 11 is 1.48. The molecule has 6 heteroatoms. The zero-order valence-corrected chi connectivity index (χ0v) is 10.6. The first-order valence-electron chi connectivity index (χ1n) is 5.65. The minimum Gasteiger partial charge on any atom is -0.481 e. The van der Waals surface area contributed by atoms with Gasteiger partial charge in [0.05, 0.1) is 18.7 Å². The number of carboxylic acids is 1. The second kappa shape index (κ2) is 5.46. The van der Waals surface area contributed by atoms with E-state index in [-0.39, 0.29) is 6.42 Å². The average molecular weight is 256 g/mol. The number of hydrogen-bond acceptors (Lipinski definition) is 5. The number of carboxylic acid groups (broad SMARTS) is 1. The Kier molecular flexibility index (Phi) is 3.96. The van der Waals surface area contributed by atoms with Gasteiger partial charge in [-0.1, -0.05) is 0 Å². The first-order chi connectivity index (χ1) is 8.20. The van der Waals surface area contributed by atoms with Gasteiger partial charge in [0.2, 0.25) is 0 Å². The van der Waals surface area contributed by atoms with Crippen LogP contribution in [0.1, 0.15) is 23.4 Å². The van der Waals surface area contributed by atoms with Crippen LogP contribution in [0.4, 0.5) is 5.13 Å². The van der Waals surface area contributed by atoms with E-state index in [1.165, 1.54) is 24.2 Å². The van der Waals surface area contributed by atoms with Gasteiger partial charge in [0.1, 0.15) is 0 Å². The molecule has 2 rings (SSSR count). The Morgan fingerprint density at radius 3 is 2.82 bits per heavy atom. The number of nitrogens with zero attached hydrogens (tertiary/aromatic N) is 2. The Bertz CT molecular complexity index is 399. The maximum atomic E-state index is 10.8. The topological polar surface area (TPSA) is 62.7 Å². The number of methoxy groups -OCH3 is 1. The van der Waals surface area contributed by atoms with Crippen molar-refractivity contribution >= 4 is 22.4 Å². The highest BCUT2D eigenvalue weighted by Crippen LogP contribution is 2.29. The summed E-state index contributed by atoms with van der Waals surface area (Å²) in [6.45, 7) is 2.42. The lowest BCUT2D eigenvalue weighted by molar-refractivity contribution is -0.136. The lowest BCUT2D eigenvalue weighted by atomic mass is 10.3. The smallest absolute Gasteiger partial charge is 0.308 e. The largest absolute Gasteiger partial charge is 0.481 e. The first kappa shape index (κ1) is 12.3. The molecule has 0 radical (unpaired) electrons. The molecule has 1 aromatic rings. The average Bonchev–Trinajstić information content (AvgIpc) is 2.87. The van der Waals surface area contributed by atoms with Crippen molar-refractivity contribution in [3.63, 3.8) is 0 Å². The highest BCUT2D eigenvalue weighted by molar-refractivity contribution is 7.15. The first-order valence-corrected chi connectivity index (χ1v) is 6.46. The molecule has 5 nitrogen and oxygen atoms in total. The summed E-state index contributed by atoms with van der Waals surface area (Å²) in [4.78, 5) is 18.3. The van der Waals surface area contributed by atoms with E-state index in [0.29, 0.717) is 6.61 Å². The van der Waals surface area contributed by atoms with E-state index >= 15 is 0 Å². The third-order valence-electron chi connectivity index (χ3n) is 2.74. The second-order valence-corrected chi connectivity index (χ2v) is 5.13. The van der Waals surface area contributed by atoms with Gasteiger partial charge >= 0.3 is 5.97 Å². The monoisotopic (exact) mass is 256 g/mol. The number of aliphatic carboxylic acids is 1. The van der Waals surface area contributed by atoms with Crippen molar-refractivity contribution in [2.24, 2.45) is 0 Å². The van der Waals surface area contributed by atoms with Gasteiger partial charge in [0.15, 0.2) is 5.13 Å². The summed E-state index contributed by atoms with van der Waals surface area (Å²) in [5.41, 5.74) is 0.766. The van der Waals surface area contributed by atoms with Gasteiger partial charge in [0.25, 0.3) is 0 Å². The molecule has 0 unspecified atom stereocenters. The lowest BCUT2D eigenvalue weighted by Gasteiger charge is -2.12.